The molecule has 0 radical (unpaired) electrons. The van der Waals surface area contributed by atoms with Gasteiger partial charge >= 0.3 is 0 Å². The Kier molecular flexibility index (Phi) is 5.88. The summed E-state index contributed by atoms with van der Waals surface area (Å²) in [5.74, 6) is -0.304. The van der Waals surface area contributed by atoms with Crippen molar-refractivity contribution in [3.05, 3.63) is 100 Å². The molecule has 136 valence electrons. The number of aryl methyl sites for hydroxylation is 1. The molecule has 1 amide bonds. The Morgan fingerprint density at radius 3 is 2.26 bits per heavy atom. The molecule has 0 aliphatic carbocycles. The highest BCUT2D eigenvalue weighted by molar-refractivity contribution is 8.00. The Bertz CT molecular complexity index is 946. The highest BCUT2D eigenvalue weighted by Crippen LogP contribution is 2.37. The summed E-state index contributed by atoms with van der Waals surface area (Å²) in [6, 6.07) is 23.7. The van der Waals surface area contributed by atoms with Crippen molar-refractivity contribution in [2.45, 2.75) is 17.1 Å². The summed E-state index contributed by atoms with van der Waals surface area (Å²) < 4.78 is 0. The lowest BCUT2D eigenvalue weighted by Gasteiger charge is -2.17. The van der Waals surface area contributed by atoms with Gasteiger partial charge in [0, 0.05) is 11.0 Å². The number of carbonyl (C=O) groups excluding carboxylic acids is 1. The molecule has 3 aromatic carbocycles. The summed E-state index contributed by atoms with van der Waals surface area (Å²) in [6.45, 7) is 1.77. The Balaban J connectivity index is 1.91. The zero-order valence-corrected chi connectivity index (χ0v) is 15.5. The molecule has 5 nitrogen and oxygen atoms in total. The summed E-state index contributed by atoms with van der Waals surface area (Å²) in [5.41, 5.74) is 1.68. The molecule has 3 rings (SSSR count). The zero-order valence-electron chi connectivity index (χ0n) is 14.7. The maximum Gasteiger partial charge on any atom is 0.293 e. The molecule has 27 heavy (non-hydrogen) atoms. The third-order valence-electron chi connectivity index (χ3n) is 3.95. The van der Waals surface area contributed by atoms with E-state index in [0.717, 1.165) is 16.0 Å². The molecule has 0 bridgehead atoms. The van der Waals surface area contributed by atoms with Crippen molar-refractivity contribution in [3.8, 4) is 0 Å². The van der Waals surface area contributed by atoms with E-state index in [9.17, 15) is 14.9 Å². The molecule has 3 aromatic rings. The fraction of sp³-hybridized carbons (Fsp3) is 0.0952. The van der Waals surface area contributed by atoms with Gasteiger partial charge < -0.3 is 5.32 Å². The molecule has 0 aliphatic heterocycles. The van der Waals surface area contributed by atoms with Crippen LogP contribution in [0.5, 0.6) is 0 Å². The van der Waals surface area contributed by atoms with E-state index in [4.69, 9.17) is 0 Å². The minimum atomic E-state index is -0.533. The van der Waals surface area contributed by atoms with Gasteiger partial charge in [-0.25, -0.2) is 0 Å². The number of benzene rings is 3. The number of rotatable bonds is 6. The first kappa shape index (κ1) is 18.7. The lowest BCUT2D eigenvalue weighted by atomic mass is 10.1. The predicted molar refractivity (Wildman–Crippen MR) is 108 cm³/mol. The van der Waals surface area contributed by atoms with Crippen molar-refractivity contribution in [2.75, 3.05) is 5.32 Å². The summed E-state index contributed by atoms with van der Waals surface area (Å²) in [4.78, 5) is 24.8. The predicted octanol–water partition coefficient (Wildman–Crippen LogP) is 5.38. The second-order valence-corrected chi connectivity index (χ2v) is 7.17. The van der Waals surface area contributed by atoms with Crippen molar-refractivity contribution in [3.63, 3.8) is 0 Å². The van der Waals surface area contributed by atoms with Crippen LogP contribution in [-0.4, -0.2) is 10.8 Å². The molecule has 0 fully saturated rings. The zero-order chi connectivity index (χ0) is 19.2. The van der Waals surface area contributed by atoms with Gasteiger partial charge in [-0.15, -0.1) is 11.8 Å². The molecule has 0 aliphatic rings. The van der Waals surface area contributed by atoms with E-state index in [2.05, 4.69) is 5.32 Å². The number of nitrogens with one attached hydrogen (secondary N) is 1. The van der Waals surface area contributed by atoms with Gasteiger partial charge in [0.05, 0.1) is 4.92 Å². The number of hydrogen-bond donors (Lipinski definition) is 1. The standard InChI is InChI=1S/C21H18N2O3S/c1-15-12-13-18(19(14-15)23(25)26)22-21(24)20(16-8-4-2-5-9-16)27-17-10-6-3-7-11-17/h2-14,20H,1H3,(H,22,24). The van der Waals surface area contributed by atoms with E-state index in [-0.39, 0.29) is 17.3 Å². The molecule has 1 atom stereocenters. The van der Waals surface area contributed by atoms with Gasteiger partial charge in [0.25, 0.3) is 5.69 Å². The van der Waals surface area contributed by atoms with Crippen LogP contribution in [0, 0.1) is 17.0 Å². The summed E-state index contributed by atoms with van der Waals surface area (Å²) in [7, 11) is 0. The van der Waals surface area contributed by atoms with E-state index in [1.54, 1.807) is 19.1 Å². The monoisotopic (exact) mass is 378 g/mol. The molecule has 0 saturated heterocycles. The number of carbonyl (C=O) groups is 1. The number of nitro groups is 1. The van der Waals surface area contributed by atoms with Gasteiger partial charge in [-0.2, -0.15) is 0 Å². The number of amides is 1. The number of nitro benzene ring substituents is 1. The molecule has 0 spiro atoms. The molecule has 6 heteroatoms. The van der Waals surface area contributed by atoms with Crippen LogP contribution >= 0.6 is 11.8 Å². The van der Waals surface area contributed by atoms with Gasteiger partial charge in [0.15, 0.2) is 0 Å². The molecular formula is C21H18N2O3S. The first-order chi connectivity index (χ1) is 13.0. The lowest BCUT2D eigenvalue weighted by molar-refractivity contribution is -0.384. The fourth-order valence-electron chi connectivity index (χ4n) is 2.63. The Morgan fingerprint density at radius 2 is 1.63 bits per heavy atom. The van der Waals surface area contributed by atoms with Crippen LogP contribution in [0.3, 0.4) is 0 Å². The highest BCUT2D eigenvalue weighted by atomic mass is 32.2. The first-order valence-corrected chi connectivity index (χ1v) is 9.25. The average Bonchev–Trinajstić information content (AvgIpc) is 2.68. The lowest BCUT2D eigenvalue weighted by Crippen LogP contribution is -2.19. The SMILES string of the molecule is Cc1ccc(NC(=O)C(Sc2ccccc2)c2ccccc2)c([N+](=O)[O-])c1. The van der Waals surface area contributed by atoms with Crippen molar-refractivity contribution in [2.24, 2.45) is 0 Å². The maximum absolute atomic E-state index is 13.0. The van der Waals surface area contributed by atoms with Crippen LogP contribution in [0.1, 0.15) is 16.4 Å². The second kappa shape index (κ2) is 8.51. The highest BCUT2D eigenvalue weighted by Gasteiger charge is 2.24. The first-order valence-electron chi connectivity index (χ1n) is 8.37. The van der Waals surface area contributed by atoms with E-state index in [0.29, 0.717) is 0 Å². The van der Waals surface area contributed by atoms with Crippen molar-refractivity contribution in [1.82, 2.24) is 0 Å². The minimum Gasteiger partial charge on any atom is -0.319 e. The minimum absolute atomic E-state index is 0.111. The van der Waals surface area contributed by atoms with Gasteiger partial charge in [-0.3, -0.25) is 14.9 Å². The largest absolute Gasteiger partial charge is 0.319 e. The molecule has 0 aromatic heterocycles. The molecular weight excluding hydrogens is 360 g/mol. The van der Waals surface area contributed by atoms with Crippen LogP contribution in [0.15, 0.2) is 83.8 Å². The molecule has 1 unspecified atom stereocenters. The quantitative estimate of drug-likeness (QED) is 0.355. The van der Waals surface area contributed by atoms with Gasteiger partial charge in [0.2, 0.25) is 5.91 Å². The van der Waals surface area contributed by atoms with E-state index < -0.39 is 10.2 Å². The third-order valence-corrected chi connectivity index (χ3v) is 5.21. The number of nitrogens with zero attached hydrogens (tertiary/aromatic N) is 1. The van der Waals surface area contributed by atoms with E-state index >= 15 is 0 Å². The van der Waals surface area contributed by atoms with Crippen LogP contribution in [-0.2, 0) is 4.79 Å². The number of hydrogen-bond acceptors (Lipinski definition) is 4. The van der Waals surface area contributed by atoms with Crippen molar-refractivity contribution < 1.29 is 9.72 Å². The number of thioether (sulfide) groups is 1. The summed E-state index contributed by atoms with van der Waals surface area (Å²) >= 11 is 1.40. The summed E-state index contributed by atoms with van der Waals surface area (Å²) in [5, 5.41) is 13.5. The average molecular weight is 378 g/mol. The van der Waals surface area contributed by atoms with Gasteiger partial charge in [0.1, 0.15) is 10.9 Å². The van der Waals surface area contributed by atoms with Crippen LogP contribution in [0.25, 0.3) is 0 Å². The Hall–Kier alpha value is -3.12. The summed E-state index contributed by atoms with van der Waals surface area (Å²) in [6.07, 6.45) is 0. The van der Waals surface area contributed by atoms with Crippen LogP contribution in [0.4, 0.5) is 11.4 Å². The molecule has 0 saturated carbocycles. The van der Waals surface area contributed by atoms with Crippen molar-refractivity contribution >= 4 is 29.0 Å². The fourth-order valence-corrected chi connectivity index (χ4v) is 3.68. The second-order valence-electron chi connectivity index (χ2n) is 5.99. The maximum atomic E-state index is 13.0. The van der Waals surface area contributed by atoms with Crippen LogP contribution in [0.2, 0.25) is 0 Å². The molecule has 1 N–H and O–H groups in total. The van der Waals surface area contributed by atoms with Gasteiger partial charge in [-0.05, 0) is 36.2 Å². The van der Waals surface area contributed by atoms with E-state index in [1.807, 2.05) is 60.7 Å². The Labute approximate surface area is 161 Å². The van der Waals surface area contributed by atoms with Crippen LogP contribution < -0.4 is 5.32 Å². The van der Waals surface area contributed by atoms with Crippen molar-refractivity contribution in [1.29, 1.82) is 0 Å². The van der Waals surface area contributed by atoms with Gasteiger partial charge in [-0.1, -0.05) is 54.6 Å². The Morgan fingerprint density at radius 1 is 1.00 bits per heavy atom. The molecule has 0 heterocycles. The number of anilines is 1. The third kappa shape index (κ3) is 4.74. The normalized spacial score (nSPS) is 11.6. The topological polar surface area (TPSA) is 72.2 Å². The smallest absolute Gasteiger partial charge is 0.293 e. The van der Waals surface area contributed by atoms with E-state index in [1.165, 1.54) is 17.8 Å².